The van der Waals surface area contributed by atoms with E-state index in [1.807, 2.05) is 37.4 Å². The Bertz CT molecular complexity index is 1150. The topological polar surface area (TPSA) is 53.9 Å². The molecule has 5 nitrogen and oxygen atoms in total. The van der Waals surface area contributed by atoms with Crippen molar-refractivity contribution in [1.82, 2.24) is 15.0 Å². The highest BCUT2D eigenvalue weighted by Crippen LogP contribution is 2.27. The second-order valence-corrected chi connectivity index (χ2v) is 7.14. The minimum Gasteiger partial charge on any atom is -0.338 e. The molecule has 1 aliphatic heterocycles. The van der Waals surface area contributed by atoms with Gasteiger partial charge in [-0.3, -0.25) is 4.98 Å². The molecule has 0 unspecified atom stereocenters. The van der Waals surface area contributed by atoms with Gasteiger partial charge in [0.1, 0.15) is 5.82 Å². The first-order valence-corrected chi connectivity index (χ1v) is 9.54. The quantitative estimate of drug-likeness (QED) is 0.572. The van der Waals surface area contributed by atoms with E-state index in [1.54, 1.807) is 0 Å². The molecule has 1 N–H and O–H groups in total. The van der Waals surface area contributed by atoms with Crippen LogP contribution in [0.5, 0.6) is 0 Å². The molecule has 0 fully saturated rings. The van der Waals surface area contributed by atoms with Gasteiger partial charge in [0, 0.05) is 36.4 Å². The van der Waals surface area contributed by atoms with Crippen LogP contribution in [0, 0.1) is 6.92 Å². The van der Waals surface area contributed by atoms with Crippen LogP contribution in [-0.4, -0.2) is 21.5 Å². The maximum Gasteiger partial charge on any atom is 0.227 e. The Labute approximate surface area is 164 Å². The molecule has 28 heavy (non-hydrogen) atoms. The Kier molecular flexibility index (Phi) is 4.13. The monoisotopic (exact) mass is 367 g/mol. The second kappa shape index (κ2) is 6.93. The van der Waals surface area contributed by atoms with E-state index >= 15 is 0 Å². The van der Waals surface area contributed by atoms with E-state index in [4.69, 9.17) is 9.97 Å². The Hall–Kier alpha value is -3.47. The highest BCUT2D eigenvalue weighted by Gasteiger charge is 2.19. The molecular formula is C23H21N5. The Morgan fingerprint density at radius 1 is 0.929 bits per heavy atom. The Morgan fingerprint density at radius 2 is 1.79 bits per heavy atom. The molecule has 2 aromatic carbocycles. The van der Waals surface area contributed by atoms with E-state index in [-0.39, 0.29) is 0 Å². The van der Waals surface area contributed by atoms with E-state index in [1.165, 1.54) is 11.1 Å². The number of hydrogen-bond acceptors (Lipinski definition) is 5. The number of hydrogen-bond donors (Lipinski definition) is 1. The van der Waals surface area contributed by atoms with Crippen LogP contribution < -0.4 is 10.2 Å². The van der Waals surface area contributed by atoms with Gasteiger partial charge in [-0.25, -0.2) is 4.98 Å². The average Bonchev–Trinajstić information content (AvgIpc) is 2.73. The highest BCUT2D eigenvalue weighted by molar-refractivity contribution is 5.91. The third-order valence-electron chi connectivity index (χ3n) is 5.15. The Balaban J connectivity index is 1.47. The predicted molar refractivity (Wildman–Crippen MR) is 113 cm³/mol. The smallest absolute Gasteiger partial charge is 0.227 e. The van der Waals surface area contributed by atoms with Gasteiger partial charge >= 0.3 is 0 Å². The zero-order chi connectivity index (χ0) is 18.9. The molecule has 1 aliphatic rings. The van der Waals surface area contributed by atoms with Crippen LogP contribution in [0.2, 0.25) is 0 Å². The average molecular weight is 367 g/mol. The van der Waals surface area contributed by atoms with Crippen molar-refractivity contribution in [2.45, 2.75) is 19.9 Å². The van der Waals surface area contributed by atoms with Crippen molar-refractivity contribution >= 4 is 28.4 Å². The van der Waals surface area contributed by atoms with Gasteiger partial charge in [0.2, 0.25) is 5.95 Å². The molecule has 0 saturated carbocycles. The molecule has 2 aromatic heterocycles. The zero-order valence-corrected chi connectivity index (χ0v) is 15.8. The van der Waals surface area contributed by atoms with Gasteiger partial charge in [0.15, 0.2) is 0 Å². The van der Waals surface area contributed by atoms with Crippen molar-refractivity contribution in [2.24, 2.45) is 0 Å². The van der Waals surface area contributed by atoms with E-state index in [0.29, 0.717) is 0 Å². The lowest BCUT2D eigenvalue weighted by atomic mass is 10.0. The van der Waals surface area contributed by atoms with E-state index in [2.05, 4.69) is 51.6 Å². The molecule has 138 valence electrons. The molecule has 3 heterocycles. The number of aromatic nitrogens is 3. The summed E-state index contributed by atoms with van der Waals surface area (Å²) < 4.78 is 0. The summed E-state index contributed by atoms with van der Waals surface area (Å²) in [4.78, 5) is 16.3. The summed E-state index contributed by atoms with van der Waals surface area (Å²) in [6.45, 7) is 3.78. The van der Waals surface area contributed by atoms with Crippen molar-refractivity contribution in [1.29, 1.82) is 0 Å². The SMILES string of the molecule is Cc1cc(Nc2cccc3cccnc23)nc(N2CCc3ccccc3C2)n1. The summed E-state index contributed by atoms with van der Waals surface area (Å²) in [5.74, 6) is 1.56. The number of nitrogens with zero attached hydrogens (tertiary/aromatic N) is 4. The minimum absolute atomic E-state index is 0.769. The van der Waals surface area contributed by atoms with Crippen LogP contribution in [-0.2, 0) is 13.0 Å². The molecule has 0 bridgehead atoms. The van der Waals surface area contributed by atoms with Crippen LogP contribution >= 0.6 is 0 Å². The minimum atomic E-state index is 0.769. The van der Waals surface area contributed by atoms with Gasteiger partial charge in [-0.15, -0.1) is 0 Å². The molecular weight excluding hydrogens is 346 g/mol. The molecule has 0 aliphatic carbocycles. The van der Waals surface area contributed by atoms with Crippen LogP contribution in [0.3, 0.4) is 0 Å². The summed E-state index contributed by atoms with van der Waals surface area (Å²) in [5, 5.41) is 4.55. The van der Waals surface area contributed by atoms with Crippen LogP contribution in [0.15, 0.2) is 66.9 Å². The number of para-hydroxylation sites is 1. The van der Waals surface area contributed by atoms with Crippen molar-refractivity contribution < 1.29 is 0 Å². The van der Waals surface area contributed by atoms with Crippen molar-refractivity contribution in [3.05, 3.63) is 83.7 Å². The fraction of sp³-hybridized carbons (Fsp3) is 0.174. The van der Waals surface area contributed by atoms with Gasteiger partial charge in [-0.05, 0) is 36.6 Å². The summed E-state index contributed by atoms with van der Waals surface area (Å²) in [5.41, 5.74) is 5.61. The summed E-state index contributed by atoms with van der Waals surface area (Å²) in [6.07, 6.45) is 2.83. The summed E-state index contributed by atoms with van der Waals surface area (Å²) in [6, 6.07) is 20.7. The second-order valence-electron chi connectivity index (χ2n) is 7.14. The third kappa shape index (κ3) is 3.16. The number of nitrogens with one attached hydrogen (secondary N) is 1. The van der Waals surface area contributed by atoms with Crippen LogP contribution in [0.4, 0.5) is 17.5 Å². The lowest BCUT2D eigenvalue weighted by Crippen LogP contribution is -2.32. The first-order chi connectivity index (χ1) is 13.8. The van der Waals surface area contributed by atoms with Crippen LogP contribution in [0.1, 0.15) is 16.8 Å². The number of aryl methyl sites for hydroxylation is 1. The number of anilines is 3. The fourth-order valence-electron chi connectivity index (χ4n) is 3.77. The van der Waals surface area contributed by atoms with Gasteiger partial charge in [-0.1, -0.05) is 42.5 Å². The lowest BCUT2D eigenvalue weighted by molar-refractivity contribution is 0.706. The summed E-state index contributed by atoms with van der Waals surface area (Å²) in [7, 11) is 0. The third-order valence-corrected chi connectivity index (χ3v) is 5.15. The number of rotatable bonds is 3. The largest absolute Gasteiger partial charge is 0.338 e. The van der Waals surface area contributed by atoms with E-state index in [0.717, 1.165) is 53.6 Å². The predicted octanol–water partition coefficient (Wildman–Crippen LogP) is 4.64. The molecule has 0 radical (unpaired) electrons. The van der Waals surface area contributed by atoms with Gasteiger partial charge in [0.05, 0.1) is 11.2 Å². The normalized spacial score (nSPS) is 13.4. The van der Waals surface area contributed by atoms with Crippen molar-refractivity contribution in [2.75, 3.05) is 16.8 Å². The molecule has 0 atom stereocenters. The lowest BCUT2D eigenvalue weighted by Gasteiger charge is -2.29. The van der Waals surface area contributed by atoms with E-state index < -0.39 is 0 Å². The molecule has 0 spiro atoms. The maximum absolute atomic E-state index is 4.81. The van der Waals surface area contributed by atoms with Crippen LogP contribution in [0.25, 0.3) is 10.9 Å². The number of fused-ring (bicyclic) bond motifs is 2. The van der Waals surface area contributed by atoms with Gasteiger partial charge in [-0.2, -0.15) is 4.98 Å². The molecule has 4 aromatic rings. The maximum atomic E-state index is 4.81. The Morgan fingerprint density at radius 3 is 2.71 bits per heavy atom. The van der Waals surface area contributed by atoms with Crippen molar-refractivity contribution in [3.63, 3.8) is 0 Å². The number of pyridine rings is 1. The first-order valence-electron chi connectivity index (χ1n) is 9.54. The molecule has 5 rings (SSSR count). The van der Waals surface area contributed by atoms with E-state index in [9.17, 15) is 0 Å². The molecule has 0 saturated heterocycles. The summed E-state index contributed by atoms with van der Waals surface area (Å²) >= 11 is 0. The fourth-order valence-corrected chi connectivity index (χ4v) is 3.77. The van der Waals surface area contributed by atoms with Gasteiger partial charge < -0.3 is 10.2 Å². The molecule has 0 amide bonds. The molecule has 5 heteroatoms. The number of benzene rings is 2. The highest BCUT2D eigenvalue weighted by atomic mass is 15.3. The standard InChI is InChI=1S/C23H21N5/c1-16-14-21(26-20-10-4-8-18-9-5-12-24-22(18)20)27-23(25-16)28-13-11-17-6-2-3-7-19(17)15-28/h2-10,12,14H,11,13,15H2,1H3,(H,25,26,27). The zero-order valence-electron chi connectivity index (χ0n) is 15.8. The van der Waals surface area contributed by atoms with Crippen molar-refractivity contribution in [3.8, 4) is 0 Å². The van der Waals surface area contributed by atoms with Gasteiger partial charge in [0.25, 0.3) is 0 Å². The first kappa shape index (κ1) is 16.7.